The standard InChI is InChI=1S/C28H24FN7OS.C28H24FN7S.C27H22FN7S.C26H20FN7OS/c1-28(2,3)10-24(37)32-17-8-16(11-30-12-17)15-4-5-20-18(9-15)26(36-35-20)27-33-21-14-31-13-19(25(21)34-27)22-6-7-23(29)38-22;29-25-7-6-24(37-25)21-14-31-15-23-26(21)33-28(32-23)27-20-11-18(4-5-22(20)34-35-27)19-10-17(12-30-13-19)16-36-8-2-1-3-9-36;28-24-6-5-23(36-24)20-13-30-14-22-25(20)32-27(31-22)26-19-10-17(3-4-21(19)33-34-26)18-9-16(11-29-12-18)15-35-7-1-2-8-35;1-2-3-23(35)30-16-8-15(10-28-11-16)14-4-5-19-17(9-14)25(34-33-19)26-31-20-13-29-12-18(24(20)32-26)21-6-7-22(27)36-21/h4-9,11-14H,10H2,1-3H3,(H,32,37)(H,33,34)(H,35,36);4-7,10-15H,1-3,8-9,16H2,(H,32,33)(H,34,35);3-6,9-14H,1-2,7-8,15H2,(H,31,32)(H,33,34);4-13H,2-3H2,1H3,(H,30,35)(H,31,32)(H,33,34). The fraction of sp³-hybridized carbons (Fsp3) is 0.174. The molecule has 26 rings (SSSR count). The number of rotatable bonds is 21. The van der Waals surface area contributed by atoms with Crippen LogP contribution in [0.5, 0.6) is 0 Å². The predicted octanol–water partition coefficient (Wildman–Crippen LogP) is 25.4. The minimum Gasteiger partial charge on any atom is -0.335 e. The molecule has 0 atom stereocenters. The number of fused-ring (bicyclic) bond motifs is 8. The van der Waals surface area contributed by atoms with Crippen molar-refractivity contribution >= 4 is 156 Å². The first-order valence-electron chi connectivity index (χ1n) is 47.9. The van der Waals surface area contributed by atoms with Crippen LogP contribution in [0.25, 0.3) is 220 Å². The van der Waals surface area contributed by atoms with Gasteiger partial charge in [0.2, 0.25) is 11.8 Å². The molecule has 2 aliphatic heterocycles. The van der Waals surface area contributed by atoms with E-state index in [0.717, 1.165) is 265 Å². The van der Waals surface area contributed by atoms with Crippen molar-refractivity contribution in [2.75, 3.05) is 36.8 Å². The number of carbonyl (C=O) groups excluding carboxylic acids is 2. The number of halogens is 4. The summed E-state index contributed by atoms with van der Waals surface area (Å²) >= 11 is 4.28. The van der Waals surface area contributed by atoms with Crippen LogP contribution >= 0.6 is 45.3 Å². The summed E-state index contributed by atoms with van der Waals surface area (Å²) in [6.07, 6.45) is 36.4. The minimum absolute atomic E-state index is 0.0342. The van der Waals surface area contributed by atoms with Crippen molar-refractivity contribution < 1.29 is 27.2 Å². The largest absolute Gasteiger partial charge is 0.335 e. The number of benzene rings is 4. The van der Waals surface area contributed by atoms with Crippen molar-refractivity contribution in [2.45, 2.75) is 92.2 Å². The Morgan fingerprint density at radius 3 is 0.918 bits per heavy atom. The van der Waals surface area contributed by atoms with Crippen LogP contribution in [-0.4, -0.2) is 168 Å². The van der Waals surface area contributed by atoms with Crippen molar-refractivity contribution in [2.24, 2.45) is 5.41 Å². The highest BCUT2D eigenvalue weighted by molar-refractivity contribution is 7.15. The molecule has 30 nitrogen and oxygen atoms in total. The molecule has 0 bridgehead atoms. The molecule has 730 valence electrons. The number of H-pyrrole nitrogens is 8. The van der Waals surface area contributed by atoms with E-state index in [2.05, 4.69) is 157 Å². The van der Waals surface area contributed by atoms with Crippen molar-refractivity contribution in [3.05, 3.63) is 276 Å². The molecule has 2 amide bonds. The van der Waals surface area contributed by atoms with Crippen LogP contribution in [-0.2, 0) is 22.7 Å². The topological polar surface area (TPSA) is 397 Å². The third-order valence-corrected chi connectivity index (χ3v) is 29.3. The molecule has 10 N–H and O–H groups in total. The van der Waals surface area contributed by atoms with Crippen LogP contribution in [0, 0.1) is 25.9 Å². The predicted molar refractivity (Wildman–Crippen MR) is 572 cm³/mol. The highest BCUT2D eigenvalue weighted by Crippen LogP contribution is 2.43. The second-order valence-electron chi connectivity index (χ2n) is 37.4. The van der Waals surface area contributed by atoms with E-state index in [-0.39, 0.29) is 37.8 Å². The van der Waals surface area contributed by atoms with Gasteiger partial charge in [-0.3, -0.25) is 79.7 Å². The number of pyridine rings is 8. The summed E-state index contributed by atoms with van der Waals surface area (Å²) in [5, 5.41) is 39.1. The minimum atomic E-state index is -0.258. The lowest BCUT2D eigenvalue weighted by atomic mass is 9.92. The molecule has 0 spiro atoms. The maximum atomic E-state index is 13.7. The van der Waals surface area contributed by atoms with E-state index in [9.17, 15) is 27.2 Å². The molecular weight excluding hydrogens is 1940 g/mol. The Labute approximate surface area is 851 Å². The zero-order valence-electron chi connectivity index (χ0n) is 79.5. The summed E-state index contributed by atoms with van der Waals surface area (Å²) in [4.78, 5) is 100. The summed E-state index contributed by atoms with van der Waals surface area (Å²) in [6.45, 7) is 14.5. The molecule has 147 heavy (non-hydrogen) atoms. The second-order valence-corrected chi connectivity index (χ2v) is 41.5. The summed E-state index contributed by atoms with van der Waals surface area (Å²) in [5.74, 6) is 2.36. The van der Waals surface area contributed by atoms with E-state index in [4.69, 9.17) is 19.9 Å². The SMILES string of the molecule is CC(C)(C)CC(=O)Nc1cncc(-c2ccc3[nH]nc(-c4nc5c(-c6ccc(F)s6)cncc5[nH]4)c3c2)c1.CCCC(=O)Nc1cncc(-c2ccc3[nH]nc(-c4nc5c(-c6ccc(F)s6)cncc5[nH]4)c3c2)c1.Fc1ccc(-c2cncc3[nH]c(-c4n[nH]c5ccc(-c6cncc(CN7CCCC7)c6)cc45)nc23)s1.Fc1ccc(-c2cncc3[nH]c(-c4n[nH]c5ccc(-c6cncc(CN7CCCCC7)c6)cc45)nc23)s1. The zero-order valence-corrected chi connectivity index (χ0v) is 82.8. The molecule has 0 aliphatic carbocycles. The van der Waals surface area contributed by atoms with E-state index in [0.29, 0.717) is 69.9 Å². The third kappa shape index (κ3) is 20.1. The molecule has 0 unspecified atom stereocenters. The lowest BCUT2D eigenvalue weighted by Gasteiger charge is -2.26. The number of aromatic amines is 8. The fourth-order valence-corrected chi connectivity index (χ4v) is 21.7. The van der Waals surface area contributed by atoms with Crippen molar-refractivity contribution in [1.82, 2.24) is 130 Å². The number of likely N-dealkylation sites (tertiary alicyclic amines) is 2. The number of carbonyl (C=O) groups is 2. The van der Waals surface area contributed by atoms with Crippen molar-refractivity contribution in [3.63, 3.8) is 0 Å². The van der Waals surface area contributed by atoms with Crippen molar-refractivity contribution in [3.8, 4) is 132 Å². The van der Waals surface area contributed by atoms with Gasteiger partial charge in [0.1, 0.15) is 44.8 Å². The van der Waals surface area contributed by atoms with Gasteiger partial charge in [-0.05, 0) is 218 Å². The first-order chi connectivity index (χ1) is 71.7. The molecule has 2 fully saturated rings. The van der Waals surface area contributed by atoms with Gasteiger partial charge in [0.05, 0.1) is 92.7 Å². The molecule has 22 heterocycles. The normalized spacial score (nSPS) is 13.1. The molecule has 0 saturated carbocycles. The Morgan fingerprint density at radius 1 is 0.327 bits per heavy atom. The maximum Gasteiger partial charge on any atom is 0.224 e. The summed E-state index contributed by atoms with van der Waals surface area (Å²) < 4.78 is 54.7. The number of nitrogens with zero attached hydrogens (tertiary/aromatic N) is 18. The lowest BCUT2D eigenvalue weighted by molar-refractivity contribution is -0.118. The van der Waals surface area contributed by atoms with E-state index >= 15 is 0 Å². The molecule has 0 radical (unpaired) electrons. The maximum absolute atomic E-state index is 13.7. The number of hydrogen-bond donors (Lipinski definition) is 10. The monoisotopic (exact) mass is 2030 g/mol. The van der Waals surface area contributed by atoms with Gasteiger partial charge < -0.3 is 30.6 Å². The molecule has 2 saturated heterocycles. The van der Waals surface area contributed by atoms with Crippen LogP contribution in [0.3, 0.4) is 0 Å². The fourth-order valence-electron chi connectivity index (χ4n) is 18.7. The van der Waals surface area contributed by atoms with E-state index in [1.807, 2.05) is 113 Å². The second kappa shape index (κ2) is 40.4. The van der Waals surface area contributed by atoms with Crippen LogP contribution in [0.4, 0.5) is 28.9 Å². The van der Waals surface area contributed by atoms with Gasteiger partial charge in [-0.2, -0.15) is 38.0 Å². The number of amides is 2. The Morgan fingerprint density at radius 2 is 0.619 bits per heavy atom. The molecular formula is C109H90F4N28O2S4. The zero-order chi connectivity index (χ0) is 99.9. The van der Waals surface area contributed by atoms with E-state index < -0.39 is 0 Å². The summed E-state index contributed by atoms with van der Waals surface area (Å²) in [7, 11) is 0. The number of hydrogen-bond acceptors (Lipinski definition) is 24. The summed E-state index contributed by atoms with van der Waals surface area (Å²) in [6, 6.07) is 45.5. The third-order valence-electron chi connectivity index (χ3n) is 25.7. The van der Waals surface area contributed by atoms with Crippen LogP contribution in [0.2, 0.25) is 0 Å². The van der Waals surface area contributed by atoms with Gasteiger partial charge in [0.15, 0.2) is 43.8 Å². The number of thiophene rings is 4. The van der Waals surface area contributed by atoms with Gasteiger partial charge in [0, 0.05) is 173 Å². The van der Waals surface area contributed by atoms with Crippen LogP contribution < -0.4 is 10.6 Å². The highest BCUT2D eigenvalue weighted by Gasteiger charge is 2.27. The Hall–Kier alpha value is -16.8. The number of piperidine rings is 1. The van der Waals surface area contributed by atoms with Gasteiger partial charge in [-0.15, -0.1) is 45.3 Å². The molecule has 20 aromatic heterocycles. The van der Waals surface area contributed by atoms with Crippen LogP contribution in [0.1, 0.15) is 90.2 Å². The Bertz CT molecular complexity index is 9050. The molecule has 2 aliphatic rings. The number of aromatic nitrogens is 24. The Kier molecular flexibility index (Phi) is 25.8. The number of imidazole rings is 4. The smallest absolute Gasteiger partial charge is 0.224 e. The van der Waals surface area contributed by atoms with Gasteiger partial charge in [-0.25, -0.2) is 19.9 Å². The molecule has 4 aromatic carbocycles. The molecule has 38 heteroatoms. The lowest BCUT2D eigenvalue weighted by Crippen LogP contribution is -2.29. The average molecular weight is 2030 g/mol. The quantitative estimate of drug-likeness (QED) is 0.0299. The first kappa shape index (κ1) is 93.8. The van der Waals surface area contributed by atoms with E-state index in [1.165, 1.54) is 67.5 Å². The Balaban J connectivity index is 0.000000108. The summed E-state index contributed by atoms with van der Waals surface area (Å²) in [5.41, 5.74) is 26.9. The van der Waals surface area contributed by atoms with Gasteiger partial charge in [-0.1, -0.05) is 58.4 Å². The average Bonchev–Trinajstić information content (AvgIpc) is 1.63. The number of anilines is 2. The van der Waals surface area contributed by atoms with Gasteiger partial charge >= 0.3 is 0 Å². The van der Waals surface area contributed by atoms with Gasteiger partial charge in [0.25, 0.3) is 0 Å². The van der Waals surface area contributed by atoms with Crippen LogP contribution in [0.15, 0.2) is 245 Å². The number of nitrogens with one attached hydrogen (secondary N) is 10. The molecule has 24 aromatic rings. The highest BCUT2D eigenvalue weighted by atomic mass is 32.1. The first-order valence-corrected chi connectivity index (χ1v) is 51.2. The van der Waals surface area contributed by atoms with E-state index in [1.54, 1.807) is 98.6 Å². The van der Waals surface area contributed by atoms with Crippen molar-refractivity contribution in [1.29, 1.82) is 0 Å².